The van der Waals surface area contributed by atoms with Crippen molar-refractivity contribution < 1.29 is 9.59 Å². The summed E-state index contributed by atoms with van der Waals surface area (Å²) in [6, 6.07) is 7.03. The molecule has 0 aromatic carbocycles. The van der Waals surface area contributed by atoms with E-state index in [2.05, 4.69) is 10.1 Å². The molecule has 0 saturated heterocycles. The van der Waals surface area contributed by atoms with Crippen molar-refractivity contribution in [3.05, 3.63) is 47.0 Å². The van der Waals surface area contributed by atoms with Gasteiger partial charge in [-0.15, -0.1) is 0 Å². The molecule has 23 heavy (non-hydrogen) atoms. The minimum absolute atomic E-state index is 0.0185. The van der Waals surface area contributed by atoms with Crippen molar-refractivity contribution in [2.45, 2.75) is 40.0 Å². The maximum absolute atomic E-state index is 12.3. The van der Waals surface area contributed by atoms with E-state index in [1.165, 1.54) is 0 Å². The van der Waals surface area contributed by atoms with Gasteiger partial charge in [-0.2, -0.15) is 5.10 Å². The van der Waals surface area contributed by atoms with Crippen LogP contribution in [-0.2, 0) is 13.5 Å². The molecule has 2 heterocycles. The molecule has 2 aromatic rings. The SMILES string of the molecule is Cc1cc(CCC(=O)c2cccc(C(=O)CC(C)C)n2)nn1C. The fraction of sp³-hybridized carbons (Fsp3) is 0.444. The molecule has 0 aliphatic carbocycles. The van der Waals surface area contributed by atoms with Gasteiger partial charge in [0.15, 0.2) is 11.6 Å². The number of pyridine rings is 1. The largest absolute Gasteiger partial charge is 0.292 e. The summed E-state index contributed by atoms with van der Waals surface area (Å²) in [7, 11) is 1.88. The predicted octanol–water partition coefficient (Wildman–Crippen LogP) is 3.17. The molecule has 0 N–H and O–H groups in total. The van der Waals surface area contributed by atoms with Gasteiger partial charge in [-0.05, 0) is 37.5 Å². The van der Waals surface area contributed by atoms with Crippen LogP contribution >= 0.6 is 0 Å². The van der Waals surface area contributed by atoms with Gasteiger partial charge in [0.05, 0.1) is 5.69 Å². The molecule has 0 saturated carbocycles. The number of Topliss-reactive ketones (excluding diaryl/α,β-unsaturated/α-hetero) is 2. The molecule has 122 valence electrons. The lowest BCUT2D eigenvalue weighted by molar-refractivity contribution is 0.0962. The first kappa shape index (κ1) is 17.1. The minimum Gasteiger partial charge on any atom is -0.292 e. The smallest absolute Gasteiger partial charge is 0.181 e. The lowest BCUT2D eigenvalue weighted by Gasteiger charge is -2.05. The molecule has 2 rings (SSSR count). The average Bonchev–Trinajstić information content (AvgIpc) is 2.83. The molecule has 0 atom stereocenters. The zero-order valence-corrected chi connectivity index (χ0v) is 14.2. The summed E-state index contributed by atoms with van der Waals surface area (Å²) in [4.78, 5) is 28.6. The Labute approximate surface area is 136 Å². The maximum Gasteiger partial charge on any atom is 0.181 e. The average molecular weight is 313 g/mol. The summed E-state index contributed by atoms with van der Waals surface area (Å²) < 4.78 is 1.79. The highest BCUT2D eigenvalue weighted by Gasteiger charge is 2.14. The molecule has 0 aliphatic rings. The number of aryl methyl sites for hydroxylation is 3. The summed E-state index contributed by atoms with van der Waals surface area (Å²) in [5, 5.41) is 4.34. The van der Waals surface area contributed by atoms with Crippen molar-refractivity contribution in [1.82, 2.24) is 14.8 Å². The van der Waals surface area contributed by atoms with E-state index in [0.717, 1.165) is 11.4 Å². The molecule has 0 fully saturated rings. The fourth-order valence-corrected chi connectivity index (χ4v) is 2.35. The zero-order chi connectivity index (χ0) is 17.0. The number of carbonyl (C=O) groups is 2. The van der Waals surface area contributed by atoms with E-state index in [1.807, 2.05) is 33.9 Å². The number of carbonyl (C=O) groups excluding carboxylic acids is 2. The van der Waals surface area contributed by atoms with Crippen LogP contribution in [0.1, 0.15) is 59.1 Å². The second-order valence-electron chi connectivity index (χ2n) is 6.25. The van der Waals surface area contributed by atoms with Gasteiger partial charge in [-0.1, -0.05) is 19.9 Å². The highest BCUT2D eigenvalue weighted by molar-refractivity contribution is 5.98. The predicted molar refractivity (Wildman–Crippen MR) is 88.6 cm³/mol. The quantitative estimate of drug-likeness (QED) is 0.736. The Hall–Kier alpha value is -2.30. The second-order valence-corrected chi connectivity index (χ2v) is 6.25. The van der Waals surface area contributed by atoms with E-state index < -0.39 is 0 Å². The summed E-state index contributed by atoms with van der Waals surface area (Å²) in [5.74, 6) is 0.193. The molecule has 0 unspecified atom stereocenters. The van der Waals surface area contributed by atoms with Crippen molar-refractivity contribution in [3.8, 4) is 0 Å². The molecule has 0 bridgehead atoms. The number of hydrogen-bond acceptors (Lipinski definition) is 4. The van der Waals surface area contributed by atoms with E-state index in [9.17, 15) is 9.59 Å². The van der Waals surface area contributed by atoms with Gasteiger partial charge in [-0.25, -0.2) is 4.98 Å². The number of rotatable bonds is 7. The van der Waals surface area contributed by atoms with Crippen LogP contribution in [0.25, 0.3) is 0 Å². The maximum atomic E-state index is 12.3. The molecule has 0 aliphatic heterocycles. The van der Waals surface area contributed by atoms with Gasteiger partial charge in [0.2, 0.25) is 0 Å². The Morgan fingerprint density at radius 3 is 2.39 bits per heavy atom. The zero-order valence-electron chi connectivity index (χ0n) is 14.2. The molecule has 0 spiro atoms. The topological polar surface area (TPSA) is 64.8 Å². The number of hydrogen-bond donors (Lipinski definition) is 0. The van der Waals surface area contributed by atoms with Gasteiger partial charge in [0.25, 0.3) is 0 Å². The van der Waals surface area contributed by atoms with Crippen molar-refractivity contribution in [2.24, 2.45) is 13.0 Å². The fourth-order valence-electron chi connectivity index (χ4n) is 2.35. The van der Waals surface area contributed by atoms with E-state index in [0.29, 0.717) is 30.7 Å². The lowest BCUT2D eigenvalue weighted by atomic mass is 10.0. The first-order chi connectivity index (χ1) is 10.9. The van der Waals surface area contributed by atoms with E-state index >= 15 is 0 Å². The molecule has 5 nitrogen and oxygen atoms in total. The van der Waals surface area contributed by atoms with Crippen LogP contribution in [0.4, 0.5) is 0 Å². The number of nitrogens with zero attached hydrogens (tertiary/aromatic N) is 3. The van der Waals surface area contributed by atoms with Gasteiger partial charge in [0, 0.05) is 25.6 Å². The third-order valence-corrected chi connectivity index (χ3v) is 3.69. The van der Waals surface area contributed by atoms with Crippen molar-refractivity contribution in [1.29, 1.82) is 0 Å². The molecular formula is C18H23N3O2. The van der Waals surface area contributed by atoms with E-state index in [4.69, 9.17) is 0 Å². The van der Waals surface area contributed by atoms with Crippen LogP contribution in [0.5, 0.6) is 0 Å². The minimum atomic E-state index is -0.0625. The summed E-state index contributed by atoms with van der Waals surface area (Å²) in [5.41, 5.74) is 2.68. The number of ketones is 2. The molecule has 5 heteroatoms. The first-order valence-electron chi connectivity index (χ1n) is 7.89. The van der Waals surface area contributed by atoms with Gasteiger partial charge >= 0.3 is 0 Å². The Balaban J connectivity index is 2.03. The molecule has 0 radical (unpaired) electrons. The summed E-state index contributed by atoms with van der Waals surface area (Å²) in [6.45, 7) is 5.95. The molecular weight excluding hydrogens is 290 g/mol. The first-order valence-corrected chi connectivity index (χ1v) is 7.89. The number of aromatic nitrogens is 3. The van der Waals surface area contributed by atoms with E-state index in [-0.39, 0.29) is 17.5 Å². The van der Waals surface area contributed by atoms with Gasteiger partial charge in [-0.3, -0.25) is 14.3 Å². The van der Waals surface area contributed by atoms with Crippen LogP contribution < -0.4 is 0 Å². The van der Waals surface area contributed by atoms with Crippen LogP contribution in [-0.4, -0.2) is 26.3 Å². The van der Waals surface area contributed by atoms with Crippen molar-refractivity contribution >= 4 is 11.6 Å². The lowest BCUT2D eigenvalue weighted by Crippen LogP contribution is -2.10. The monoisotopic (exact) mass is 313 g/mol. The standard InChI is InChI=1S/C18H23N3O2/c1-12(2)10-18(23)16-7-5-6-15(19-16)17(22)9-8-14-11-13(3)21(4)20-14/h5-7,11-12H,8-10H2,1-4H3. The van der Waals surface area contributed by atoms with Crippen molar-refractivity contribution in [3.63, 3.8) is 0 Å². The third kappa shape index (κ3) is 4.58. The van der Waals surface area contributed by atoms with Gasteiger partial charge in [0.1, 0.15) is 11.4 Å². The van der Waals surface area contributed by atoms with Gasteiger partial charge < -0.3 is 0 Å². The summed E-state index contributed by atoms with van der Waals surface area (Å²) in [6.07, 6.45) is 1.36. The highest BCUT2D eigenvalue weighted by Crippen LogP contribution is 2.11. The van der Waals surface area contributed by atoms with E-state index in [1.54, 1.807) is 22.9 Å². The Morgan fingerprint density at radius 1 is 1.17 bits per heavy atom. The molecule has 2 aromatic heterocycles. The Kier molecular flexibility index (Phi) is 5.42. The molecule has 0 amide bonds. The third-order valence-electron chi connectivity index (χ3n) is 3.69. The second kappa shape index (κ2) is 7.31. The highest BCUT2D eigenvalue weighted by atomic mass is 16.1. The van der Waals surface area contributed by atoms with Crippen molar-refractivity contribution in [2.75, 3.05) is 0 Å². The normalized spacial score (nSPS) is 11.0. The van der Waals surface area contributed by atoms with Crippen LogP contribution in [0, 0.1) is 12.8 Å². The summed E-state index contributed by atoms with van der Waals surface area (Å²) >= 11 is 0. The van der Waals surface area contributed by atoms with Crippen LogP contribution in [0.2, 0.25) is 0 Å². The van der Waals surface area contributed by atoms with Crippen LogP contribution in [0.15, 0.2) is 24.3 Å². The Morgan fingerprint density at radius 2 is 1.83 bits per heavy atom. The van der Waals surface area contributed by atoms with Crippen LogP contribution in [0.3, 0.4) is 0 Å². The Bertz CT molecular complexity index is 697.